The van der Waals surface area contributed by atoms with Crippen molar-refractivity contribution in [2.45, 2.75) is 60.1 Å². The number of carbonyl (C=O) groups excluding carboxylic acids is 2. The molecule has 1 atom stereocenters. The van der Waals surface area contributed by atoms with Gasteiger partial charge in [-0.25, -0.2) is 4.98 Å². The maximum atomic E-state index is 13.3. The normalized spacial score (nSPS) is 15.1. The van der Waals surface area contributed by atoms with Gasteiger partial charge in [-0.1, -0.05) is 63.6 Å². The molecule has 0 saturated heterocycles. The molecule has 3 aromatic rings. The van der Waals surface area contributed by atoms with Crippen molar-refractivity contribution in [2.75, 3.05) is 13.1 Å². The molecule has 2 amide bonds. The lowest BCUT2D eigenvalue weighted by Gasteiger charge is -2.38. The number of fused-ring (bicyclic) bond motifs is 1. The van der Waals surface area contributed by atoms with Crippen LogP contribution in [0.4, 0.5) is 0 Å². The average Bonchev–Trinajstić information content (AvgIpc) is 3.34. The number of benzene rings is 2. The number of nitrogens with one attached hydrogen (secondary N) is 1. The second kappa shape index (κ2) is 11.9. The largest absolute Gasteiger partial charge is 0.486 e. The van der Waals surface area contributed by atoms with Crippen molar-refractivity contribution in [1.82, 2.24) is 15.2 Å². The van der Waals surface area contributed by atoms with Crippen LogP contribution in [0, 0.1) is 18.8 Å². The van der Waals surface area contributed by atoms with Crippen molar-refractivity contribution in [3.8, 4) is 5.75 Å². The molecule has 7 heteroatoms. The van der Waals surface area contributed by atoms with Crippen LogP contribution in [0.3, 0.4) is 0 Å². The van der Waals surface area contributed by atoms with E-state index in [2.05, 4.69) is 81.3 Å². The average molecular weight is 520 g/mol. The first kappa shape index (κ1) is 26.9. The molecule has 6 nitrogen and oxygen atoms in total. The quantitative estimate of drug-likeness (QED) is 0.380. The van der Waals surface area contributed by atoms with Gasteiger partial charge in [0.2, 0.25) is 5.91 Å². The zero-order chi connectivity index (χ0) is 26.5. The van der Waals surface area contributed by atoms with Crippen molar-refractivity contribution in [2.24, 2.45) is 11.8 Å². The summed E-state index contributed by atoms with van der Waals surface area (Å²) in [7, 11) is 0. The Labute approximate surface area is 224 Å². The van der Waals surface area contributed by atoms with Crippen molar-refractivity contribution in [3.63, 3.8) is 0 Å². The molecule has 196 valence electrons. The number of thiazole rings is 1. The third kappa shape index (κ3) is 6.77. The monoisotopic (exact) mass is 519 g/mol. The molecular formula is C30H37N3O3S. The topological polar surface area (TPSA) is 71.5 Å². The lowest BCUT2D eigenvalue weighted by atomic mass is 9.87. The smallest absolute Gasteiger partial charge is 0.270 e. The maximum Gasteiger partial charge on any atom is 0.270 e. The molecule has 0 fully saturated rings. The van der Waals surface area contributed by atoms with Crippen molar-refractivity contribution < 1.29 is 14.3 Å². The van der Waals surface area contributed by atoms with Gasteiger partial charge in [0.1, 0.15) is 23.1 Å². The molecule has 1 N–H and O–H groups in total. The number of aryl methyl sites for hydroxylation is 1. The highest BCUT2D eigenvalue weighted by atomic mass is 32.1. The summed E-state index contributed by atoms with van der Waals surface area (Å²) in [6.45, 7) is 12.0. The van der Waals surface area contributed by atoms with Crippen molar-refractivity contribution in [3.05, 3.63) is 80.8 Å². The Hall–Kier alpha value is -3.19. The van der Waals surface area contributed by atoms with E-state index in [4.69, 9.17) is 4.74 Å². The molecule has 2 aromatic carbocycles. The third-order valence-corrected chi connectivity index (χ3v) is 7.28. The highest BCUT2D eigenvalue weighted by Crippen LogP contribution is 2.38. The lowest BCUT2D eigenvalue weighted by Crippen LogP contribution is -2.41. The molecule has 37 heavy (non-hydrogen) atoms. The van der Waals surface area contributed by atoms with Gasteiger partial charge in [-0.2, -0.15) is 0 Å². The number of aromatic nitrogens is 1. The second-order valence-electron chi connectivity index (χ2n) is 10.6. The molecule has 1 aromatic heterocycles. The highest BCUT2D eigenvalue weighted by molar-refractivity contribution is 7.09. The molecule has 0 spiro atoms. The predicted molar refractivity (Wildman–Crippen MR) is 148 cm³/mol. The van der Waals surface area contributed by atoms with Crippen LogP contribution < -0.4 is 10.1 Å². The maximum absolute atomic E-state index is 13.3. The number of amides is 2. The van der Waals surface area contributed by atoms with Crippen LogP contribution >= 0.6 is 11.3 Å². The molecule has 1 unspecified atom stereocenters. The number of hydrogen-bond donors (Lipinski definition) is 1. The zero-order valence-electron chi connectivity index (χ0n) is 22.4. The van der Waals surface area contributed by atoms with E-state index < -0.39 is 0 Å². The van der Waals surface area contributed by atoms with Crippen LogP contribution in [0.15, 0.2) is 47.8 Å². The Kier molecular flexibility index (Phi) is 8.64. The van der Waals surface area contributed by atoms with Crippen LogP contribution in [0.1, 0.15) is 77.9 Å². The predicted octanol–water partition coefficient (Wildman–Crippen LogP) is 5.94. The minimum absolute atomic E-state index is 0.143. The van der Waals surface area contributed by atoms with Gasteiger partial charge in [0.25, 0.3) is 5.91 Å². The standard InChI is InChI=1S/C30H37N3O3S/c1-19(2)14-28(34)33-13-12-22-10-11-24(15-25(22)29(33)23-8-6-21(5)7-9-23)36-17-27-32-26(18-37-27)30(35)31-16-20(3)4/h6-11,15,18-20,29H,12-14,16-17H2,1-5H3,(H,31,35). The van der Waals surface area contributed by atoms with Gasteiger partial charge in [0.15, 0.2) is 0 Å². The Bertz CT molecular complexity index is 1230. The summed E-state index contributed by atoms with van der Waals surface area (Å²) in [5, 5.41) is 5.42. The van der Waals surface area contributed by atoms with E-state index in [-0.39, 0.29) is 24.5 Å². The zero-order valence-corrected chi connectivity index (χ0v) is 23.2. The number of carbonyl (C=O) groups is 2. The Morgan fingerprint density at radius 3 is 2.57 bits per heavy atom. The van der Waals surface area contributed by atoms with Crippen LogP contribution in [0.25, 0.3) is 0 Å². The van der Waals surface area contributed by atoms with E-state index in [1.807, 2.05) is 11.0 Å². The Morgan fingerprint density at radius 1 is 1.11 bits per heavy atom. The molecule has 2 heterocycles. The van der Waals surface area contributed by atoms with Crippen LogP contribution in [-0.4, -0.2) is 34.8 Å². The fourth-order valence-corrected chi connectivity index (χ4v) is 5.23. The fourth-order valence-electron chi connectivity index (χ4n) is 4.54. The molecule has 0 bridgehead atoms. The summed E-state index contributed by atoms with van der Waals surface area (Å²) >= 11 is 1.42. The van der Waals surface area contributed by atoms with Gasteiger partial charge in [-0.05, 0) is 54.0 Å². The summed E-state index contributed by atoms with van der Waals surface area (Å²) in [5.41, 5.74) is 5.08. The van der Waals surface area contributed by atoms with Crippen molar-refractivity contribution >= 4 is 23.2 Å². The van der Waals surface area contributed by atoms with E-state index in [1.165, 1.54) is 22.5 Å². The van der Waals surface area contributed by atoms with Crippen LogP contribution in [0.2, 0.25) is 0 Å². The van der Waals surface area contributed by atoms with Gasteiger partial charge in [-0.3, -0.25) is 9.59 Å². The van der Waals surface area contributed by atoms with E-state index in [9.17, 15) is 9.59 Å². The van der Waals surface area contributed by atoms with Crippen molar-refractivity contribution in [1.29, 1.82) is 0 Å². The van der Waals surface area contributed by atoms with E-state index in [0.29, 0.717) is 37.0 Å². The molecule has 0 radical (unpaired) electrons. The molecule has 4 rings (SSSR count). The van der Waals surface area contributed by atoms with Gasteiger partial charge in [0, 0.05) is 24.9 Å². The lowest BCUT2D eigenvalue weighted by molar-refractivity contribution is -0.134. The molecule has 0 aliphatic carbocycles. The molecule has 1 aliphatic rings. The summed E-state index contributed by atoms with van der Waals surface area (Å²) in [4.78, 5) is 32.0. The number of rotatable bonds is 9. The fraction of sp³-hybridized carbons (Fsp3) is 0.433. The second-order valence-corrected chi connectivity index (χ2v) is 11.6. The first-order valence-corrected chi connectivity index (χ1v) is 13.9. The van der Waals surface area contributed by atoms with Crippen LogP contribution in [0.5, 0.6) is 5.75 Å². The first-order chi connectivity index (χ1) is 17.7. The Morgan fingerprint density at radius 2 is 1.86 bits per heavy atom. The number of nitrogens with zero attached hydrogens (tertiary/aromatic N) is 2. The summed E-state index contributed by atoms with van der Waals surface area (Å²) in [5.74, 6) is 1.45. The van der Waals surface area contributed by atoms with Gasteiger partial charge < -0.3 is 15.0 Å². The SMILES string of the molecule is Cc1ccc(C2c3cc(OCc4nc(C(=O)NCC(C)C)cs4)ccc3CCN2C(=O)CC(C)C)cc1. The number of ether oxygens (including phenoxy) is 1. The summed E-state index contributed by atoms with van der Waals surface area (Å²) in [6.07, 6.45) is 1.36. The van der Waals surface area contributed by atoms with E-state index >= 15 is 0 Å². The molecular weight excluding hydrogens is 482 g/mol. The minimum Gasteiger partial charge on any atom is -0.486 e. The van der Waals surface area contributed by atoms with E-state index in [0.717, 1.165) is 28.3 Å². The first-order valence-electron chi connectivity index (χ1n) is 13.1. The molecule has 0 saturated carbocycles. The molecule has 1 aliphatic heterocycles. The summed E-state index contributed by atoms with van der Waals surface area (Å²) < 4.78 is 6.13. The Balaban J connectivity index is 1.54. The third-order valence-electron chi connectivity index (χ3n) is 6.46. The van der Waals surface area contributed by atoms with Gasteiger partial charge in [0.05, 0.1) is 6.04 Å². The van der Waals surface area contributed by atoms with Gasteiger partial charge >= 0.3 is 0 Å². The summed E-state index contributed by atoms with van der Waals surface area (Å²) in [6, 6.07) is 14.5. The van der Waals surface area contributed by atoms with Crippen LogP contribution in [-0.2, 0) is 17.8 Å². The highest BCUT2D eigenvalue weighted by Gasteiger charge is 2.32. The number of hydrogen-bond acceptors (Lipinski definition) is 5. The van der Waals surface area contributed by atoms with E-state index in [1.54, 1.807) is 5.38 Å². The minimum atomic E-state index is -0.155. The van der Waals surface area contributed by atoms with Gasteiger partial charge in [-0.15, -0.1) is 11.3 Å².